The van der Waals surface area contributed by atoms with E-state index in [1.807, 2.05) is 0 Å². The summed E-state index contributed by atoms with van der Waals surface area (Å²) >= 11 is 5.46. The summed E-state index contributed by atoms with van der Waals surface area (Å²) in [5.41, 5.74) is 0. The number of hydrogen-bond donors (Lipinski definition) is 1. The molecular formula is C8H16ClNO2S. The number of halogens is 1. The van der Waals surface area contributed by atoms with E-state index in [1.165, 1.54) is 0 Å². The number of nitrogens with one attached hydrogen (secondary N) is 1. The molecule has 0 aromatic heterocycles. The quantitative estimate of drug-likeness (QED) is 0.569. The highest BCUT2D eigenvalue weighted by atomic mass is 35.5. The van der Waals surface area contributed by atoms with E-state index in [9.17, 15) is 8.42 Å². The zero-order valence-corrected chi connectivity index (χ0v) is 9.20. The van der Waals surface area contributed by atoms with E-state index in [1.54, 1.807) is 0 Å². The first-order chi connectivity index (χ1) is 6.17. The van der Waals surface area contributed by atoms with Gasteiger partial charge in [-0.15, -0.1) is 11.6 Å². The molecule has 0 aromatic carbocycles. The van der Waals surface area contributed by atoms with Gasteiger partial charge in [-0.3, -0.25) is 0 Å². The van der Waals surface area contributed by atoms with Gasteiger partial charge >= 0.3 is 0 Å². The van der Waals surface area contributed by atoms with Crippen LogP contribution in [0.4, 0.5) is 0 Å². The molecule has 1 aliphatic carbocycles. The molecule has 1 rings (SSSR count). The first-order valence-corrected chi connectivity index (χ1v) is 6.79. The van der Waals surface area contributed by atoms with E-state index in [0.717, 1.165) is 25.7 Å². The minimum atomic E-state index is -3.04. The van der Waals surface area contributed by atoms with E-state index >= 15 is 0 Å². The second-order valence-electron chi connectivity index (χ2n) is 3.39. The van der Waals surface area contributed by atoms with Gasteiger partial charge in [-0.2, -0.15) is 0 Å². The van der Waals surface area contributed by atoms with Gasteiger partial charge < -0.3 is 0 Å². The molecule has 5 heteroatoms. The summed E-state index contributed by atoms with van der Waals surface area (Å²) in [6.45, 7) is 0.475. The Hall–Kier alpha value is 0.200. The molecule has 1 saturated carbocycles. The fraction of sp³-hybridized carbons (Fsp3) is 1.00. The molecule has 0 radical (unpaired) electrons. The van der Waals surface area contributed by atoms with Crippen LogP contribution in [-0.4, -0.2) is 26.1 Å². The van der Waals surface area contributed by atoms with Crippen molar-refractivity contribution >= 4 is 21.6 Å². The molecule has 78 valence electrons. The number of sulfonamides is 1. The summed E-state index contributed by atoms with van der Waals surface area (Å²) in [6.07, 6.45) is 4.42. The highest BCUT2D eigenvalue weighted by Crippen LogP contribution is 2.23. The minimum Gasteiger partial charge on any atom is -0.215 e. The van der Waals surface area contributed by atoms with Gasteiger partial charge in [0.15, 0.2) is 0 Å². The molecule has 1 aliphatic rings. The highest BCUT2D eigenvalue weighted by molar-refractivity contribution is 7.90. The fourth-order valence-corrected chi connectivity index (χ4v) is 3.35. The normalized spacial score (nSPS) is 19.5. The van der Waals surface area contributed by atoms with Crippen molar-refractivity contribution in [2.75, 3.05) is 12.4 Å². The summed E-state index contributed by atoms with van der Waals surface area (Å²) in [5, 5.41) is -0.150. The largest absolute Gasteiger partial charge is 0.215 e. The van der Waals surface area contributed by atoms with Crippen LogP contribution in [-0.2, 0) is 10.0 Å². The fourth-order valence-electron chi connectivity index (χ4n) is 1.60. The van der Waals surface area contributed by atoms with Crippen LogP contribution in [0.15, 0.2) is 0 Å². The van der Waals surface area contributed by atoms with E-state index in [0.29, 0.717) is 18.8 Å². The molecule has 0 bridgehead atoms. The maximum atomic E-state index is 11.6. The SMILES string of the molecule is O=S(=O)(NCCCCl)C1CCCC1. The lowest BCUT2D eigenvalue weighted by Crippen LogP contribution is -2.33. The second-order valence-corrected chi connectivity index (χ2v) is 5.81. The van der Waals surface area contributed by atoms with Crippen molar-refractivity contribution < 1.29 is 8.42 Å². The summed E-state index contributed by atoms with van der Waals surface area (Å²) in [6, 6.07) is 0. The average Bonchev–Trinajstić information content (AvgIpc) is 2.56. The summed E-state index contributed by atoms with van der Waals surface area (Å²) < 4.78 is 25.7. The topological polar surface area (TPSA) is 46.2 Å². The molecule has 0 amide bonds. The highest BCUT2D eigenvalue weighted by Gasteiger charge is 2.27. The van der Waals surface area contributed by atoms with Crippen molar-refractivity contribution in [3.8, 4) is 0 Å². The average molecular weight is 226 g/mol. The molecule has 1 fully saturated rings. The molecule has 3 nitrogen and oxygen atoms in total. The third kappa shape index (κ3) is 3.44. The van der Waals surface area contributed by atoms with E-state index in [4.69, 9.17) is 11.6 Å². The molecule has 0 saturated heterocycles. The van der Waals surface area contributed by atoms with E-state index in [-0.39, 0.29) is 5.25 Å². The van der Waals surface area contributed by atoms with Crippen molar-refractivity contribution in [3.05, 3.63) is 0 Å². The first-order valence-electron chi connectivity index (χ1n) is 4.71. The number of hydrogen-bond acceptors (Lipinski definition) is 2. The standard InChI is InChI=1S/C8H16ClNO2S/c9-6-3-7-10-13(11,12)8-4-1-2-5-8/h8,10H,1-7H2. The molecule has 0 spiro atoms. The number of alkyl halides is 1. The second kappa shape index (κ2) is 5.17. The van der Waals surface area contributed by atoms with Gasteiger partial charge in [0.05, 0.1) is 5.25 Å². The molecule has 0 heterocycles. The van der Waals surface area contributed by atoms with Gasteiger partial charge in [0, 0.05) is 12.4 Å². The zero-order chi connectivity index (χ0) is 9.73. The van der Waals surface area contributed by atoms with Crippen LogP contribution in [0.5, 0.6) is 0 Å². The molecule has 0 aliphatic heterocycles. The predicted molar refractivity (Wildman–Crippen MR) is 54.5 cm³/mol. The van der Waals surface area contributed by atoms with Crippen molar-refractivity contribution in [3.63, 3.8) is 0 Å². The van der Waals surface area contributed by atoms with Crippen molar-refractivity contribution in [2.24, 2.45) is 0 Å². The lowest BCUT2D eigenvalue weighted by Gasteiger charge is -2.11. The molecule has 1 N–H and O–H groups in total. The maximum absolute atomic E-state index is 11.6. The van der Waals surface area contributed by atoms with E-state index < -0.39 is 10.0 Å². The molecule has 13 heavy (non-hydrogen) atoms. The molecular weight excluding hydrogens is 210 g/mol. The summed E-state index contributed by atoms with van der Waals surface area (Å²) in [7, 11) is -3.04. The number of rotatable bonds is 5. The Labute approximate surface area is 84.9 Å². The Morgan fingerprint density at radius 1 is 1.31 bits per heavy atom. The van der Waals surface area contributed by atoms with Gasteiger partial charge in [0.2, 0.25) is 10.0 Å². The molecule has 0 atom stereocenters. The van der Waals surface area contributed by atoms with E-state index in [2.05, 4.69) is 4.72 Å². The Balaban J connectivity index is 2.36. The minimum absolute atomic E-state index is 0.150. The van der Waals surface area contributed by atoms with Crippen molar-refractivity contribution in [1.82, 2.24) is 4.72 Å². The van der Waals surface area contributed by atoms with Crippen LogP contribution in [0.1, 0.15) is 32.1 Å². The van der Waals surface area contributed by atoms with Gasteiger partial charge in [0.1, 0.15) is 0 Å². The Kier molecular flexibility index (Phi) is 4.49. The molecule has 0 aromatic rings. The van der Waals surface area contributed by atoms with Crippen LogP contribution in [0.2, 0.25) is 0 Å². The van der Waals surface area contributed by atoms with Gasteiger partial charge in [-0.25, -0.2) is 13.1 Å². The monoisotopic (exact) mass is 225 g/mol. The van der Waals surface area contributed by atoms with Crippen LogP contribution in [0, 0.1) is 0 Å². The van der Waals surface area contributed by atoms with Gasteiger partial charge in [-0.1, -0.05) is 12.8 Å². The maximum Gasteiger partial charge on any atom is 0.214 e. The zero-order valence-electron chi connectivity index (χ0n) is 7.63. The van der Waals surface area contributed by atoms with Crippen LogP contribution >= 0.6 is 11.6 Å². The van der Waals surface area contributed by atoms with Crippen LogP contribution in [0.3, 0.4) is 0 Å². The van der Waals surface area contributed by atoms with Crippen molar-refractivity contribution in [1.29, 1.82) is 0 Å². The Morgan fingerprint density at radius 2 is 1.92 bits per heavy atom. The Morgan fingerprint density at radius 3 is 2.46 bits per heavy atom. The first kappa shape index (κ1) is 11.3. The Bertz CT molecular complexity index is 235. The third-order valence-electron chi connectivity index (χ3n) is 2.35. The van der Waals surface area contributed by atoms with Crippen LogP contribution < -0.4 is 4.72 Å². The predicted octanol–water partition coefficient (Wildman–Crippen LogP) is 1.48. The lowest BCUT2D eigenvalue weighted by atomic mass is 10.4. The molecule has 0 unspecified atom stereocenters. The lowest BCUT2D eigenvalue weighted by molar-refractivity contribution is 0.564. The van der Waals surface area contributed by atoms with Gasteiger partial charge in [-0.05, 0) is 19.3 Å². The summed E-state index contributed by atoms with van der Waals surface area (Å²) in [5.74, 6) is 0.507. The van der Waals surface area contributed by atoms with Crippen LogP contribution in [0.25, 0.3) is 0 Å². The smallest absolute Gasteiger partial charge is 0.214 e. The van der Waals surface area contributed by atoms with Crippen molar-refractivity contribution in [2.45, 2.75) is 37.4 Å². The third-order valence-corrected chi connectivity index (χ3v) is 4.58. The van der Waals surface area contributed by atoms with Gasteiger partial charge in [0.25, 0.3) is 0 Å². The summed E-state index contributed by atoms with van der Waals surface area (Å²) in [4.78, 5) is 0.